The zero-order chi connectivity index (χ0) is 22.0. The summed E-state index contributed by atoms with van der Waals surface area (Å²) in [4.78, 5) is 46.7. The van der Waals surface area contributed by atoms with Crippen molar-refractivity contribution in [2.45, 2.75) is 37.8 Å². The summed E-state index contributed by atoms with van der Waals surface area (Å²) in [7, 11) is 3.76. The molecule has 4 rings (SSSR count). The summed E-state index contributed by atoms with van der Waals surface area (Å²) in [6.45, 7) is 1.86. The third-order valence-electron chi connectivity index (χ3n) is 6.39. The van der Waals surface area contributed by atoms with Gasteiger partial charge in [-0.15, -0.1) is 0 Å². The van der Waals surface area contributed by atoms with Crippen molar-refractivity contribution >= 4 is 28.8 Å². The lowest BCUT2D eigenvalue weighted by atomic mass is 10.1. The van der Waals surface area contributed by atoms with Gasteiger partial charge in [0, 0.05) is 45.2 Å². The summed E-state index contributed by atoms with van der Waals surface area (Å²) in [5, 5.41) is 2.97. The average molecular weight is 428 g/mol. The molecule has 166 valence electrons. The fourth-order valence-electron chi connectivity index (χ4n) is 4.31. The maximum Gasteiger partial charge on any atom is 0.241 e. The van der Waals surface area contributed by atoms with Crippen molar-refractivity contribution in [1.82, 2.24) is 25.0 Å². The van der Waals surface area contributed by atoms with Crippen LogP contribution < -0.4 is 5.32 Å². The minimum atomic E-state index is -0.129. The molecule has 2 aromatic rings. The molecule has 2 atom stereocenters. The van der Waals surface area contributed by atoms with E-state index in [2.05, 4.69) is 15.2 Å². The molecule has 0 spiro atoms. The number of aromatic nitrogens is 1. The Morgan fingerprint density at radius 3 is 2.71 bits per heavy atom. The number of likely N-dealkylation sites (tertiary alicyclic amines) is 1. The maximum absolute atomic E-state index is 12.6. The Bertz CT molecular complexity index is 941. The summed E-state index contributed by atoms with van der Waals surface area (Å²) in [5.74, 6) is 0.289. The van der Waals surface area contributed by atoms with E-state index in [0.717, 1.165) is 18.4 Å². The van der Waals surface area contributed by atoms with Crippen LogP contribution in [-0.2, 0) is 20.8 Å². The molecule has 2 saturated heterocycles. The Hall–Kier alpha value is -2.94. The number of hydrogen-bond donors (Lipinski definition) is 1. The van der Waals surface area contributed by atoms with Crippen LogP contribution in [0.1, 0.15) is 25.2 Å². The molecule has 0 aliphatic carbocycles. The molecule has 2 fully saturated rings. The normalized spacial score (nSPS) is 22.3. The fourth-order valence-corrected chi connectivity index (χ4v) is 4.31. The number of carbonyl (C=O) groups excluding carboxylic acids is 3. The van der Waals surface area contributed by atoms with Crippen molar-refractivity contribution in [3.63, 3.8) is 0 Å². The predicted octanol–water partition coefficient (Wildman–Crippen LogP) is 0.640. The van der Waals surface area contributed by atoms with E-state index in [1.165, 1.54) is 0 Å². The lowest BCUT2D eigenvalue weighted by Crippen LogP contribution is -2.51. The number of carbonyl (C=O) groups is 3. The van der Waals surface area contributed by atoms with Crippen molar-refractivity contribution < 1.29 is 18.8 Å². The molecular weight excluding hydrogens is 398 g/mol. The van der Waals surface area contributed by atoms with E-state index in [-0.39, 0.29) is 42.8 Å². The molecule has 1 aromatic heterocycles. The van der Waals surface area contributed by atoms with Gasteiger partial charge in [0.15, 0.2) is 5.58 Å². The van der Waals surface area contributed by atoms with Crippen LogP contribution in [0.2, 0.25) is 0 Å². The molecule has 0 saturated carbocycles. The van der Waals surface area contributed by atoms with Gasteiger partial charge in [-0.25, -0.2) is 4.98 Å². The van der Waals surface area contributed by atoms with Gasteiger partial charge in [-0.3, -0.25) is 19.3 Å². The summed E-state index contributed by atoms with van der Waals surface area (Å²) in [5.41, 5.74) is 1.42. The second-order valence-electron chi connectivity index (χ2n) is 8.44. The molecular formula is C22H29N5O4. The number of hydrogen-bond acceptors (Lipinski definition) is 6. The third-order valence-corrected chi connectivity index (χ3v) is 6.39. The van der Waals surface area contributed by atoms with E-state index in [0.29, 0.717) is 37.5 Å². The van der Waals surface area contributed by atoms with Gasteiger partial charge in [0.05, 0.1) is 6.54 Å². The van der Waals surface area contributed by atoms with E-state index >= 15 is 0 Å². The van der Waals surface area contributed by atoms with Crippen LogP contribution in [0.15, 0.2) is 28.7 Å². The van der Waals surface area contributed by atoms with Gasteiger partial charge < -0.3 is 19.5 Å². The summed E-state index contributed by atoms with van der Waals surface area (Å²) in [6.07, 6.45) is 2.32. The number of fused-ring (bicyclic) bond motifs is 1. The standard InChI is InChI=1S/C22H29N5O4/c1-25-9-10-27(14-22(25)30)21(29)11-15-7-8-16(26(15)2)13-23-19(28)12-20-24-17-5-3-4-6-18(17)31-20/h3-6,15-16H,7-14H2,1-2H3,(H,23,28)/t15-,16+/m1/s1. The van der Waals surface area contributed by atoms with Crippen LogP contribution in [0.3, 0.4) is 0 Å². The highest BCUT2D eigenvalue weighted by Gasteiger charge is 2.34. The summed E-state index contributed by atoms with van der Waals surface area (Å²) in [6, 6.07) is 7.74. The highest BCUT2D eigenvalue weighted by Crippen LogP contribution is 2.25. The third kappa shape index (κ3) is 4.87. The minimum absolute atomic E-state index is 0.0149. The van der Waals surface area contributed by atoms with E-state index in [1.54, 1.807) is 16.8 Å². The first-order valence-corrected chi connectivity index (χ1v) is 10.8. The molecule has 31 heavy (non-hydrogen) atoms. The van der Waals surface area contributed by atoms with Gasteiger partial charge in [0.1, 0.15) is 11.9 Å². The summed E-state index contributed by atoms with van der Waals surface area (Å²) < 4.78 is 5.61. The lowest BCUT2D eigenvalue weighted by Gasteiger charge is -2.33. The first-order chi connectivity index (χ1) is 14.9. The fraction of sp³-hybridized carbons (Fsp3) is 0.545. The Morgan fingerprint density at radius 2 is 1.94 bits per heavy atom. The monoisotopic (exact) mass is 427 g/mol. The highest BCUT2D eigenvalue weighted by atomic mass is 16.3. The SMILES string of the molecule is CN1CCN(C(=O)C[C@H]2CC[C@@H](CNC(=O)Cc3nc4ccccc4o3)N2C)CC1=O. The zero-order valence-electron chi connectivity index (χ0n) is 18.0. The Balaban J connectivity index is 1.23. The van der Waals surface area contributed by atoms with E-state index in [1.807, 2.05) is 31.3 Å². The molecule has 9 nitrogen and oxygen atoms in total. The van der Waals surface area contributed by atoms with Crippen molar-refractivity contribution in [3.8, 4) is 0 Å². The van der Waals surface area contributed by atoms with Crippen molar-refractivity contribution in [3.05, 3.63) is 30.2 Å². The number of nitrogens with zero attached hydrogens (tertiary/aromatic N) is 4. The number of amides is 3. The van der Waals surface area contributed by atoms with Crippen LogP contribution >= 0.6 is 0 Å². The molecule has 9 heteroatoms. The molecule has 3 amide bonds. The Morgan fingerprint density at radius 1 is 1.16 bits per heavy atom. The molecule has 0 bridgehead atoms. The average Bonchev–Trinajstić information content (AvgIpc) is 3.31. The van der Waals surface area contributed by atoms with Crippen LogP contribution in [0, 0.1) is 0 Å². The highest BCUT2D eigenvalue weighted by molar-refractivity contribution is 5.86. The molecule has 2 aliphatic heterocycles. The first kappa shape index (κ1) is 21.3. The smallest absolute Gasteiger partial charge is 0.241 e. The molecule has 2 aliphatic rings. The Kier molecular flexibility index (Phi) is 6.22. The van der Waals surface area contributed by atoms with Crippen LogP contribution in [-0.4, -0.2) is 89.8 Å². The summed E-state index contributed by atoms with van der Waals surface area (Å²) >= 11 is 0. The second-order valence-corrected chi connectivity index (χ2v) is 8.44. The molecule has 0 unspecified atom stereocenters. The van der Waals surface area contributed by atoms with Gasteiger partial charge in [-0.1, -0.05) is 12.1 Å². The van der Waals surface area contributed by atoms with Gasteiger partial charge >= 0.3 is 0 Å². The molecule has 1 N–H and O–H groups in total. The topological polar surface area (TPSA) is 99.0 Å². The molecule has 3 heterocycles. The number of rotatable bonds is 6. The minimum Gasteiger partial charge on any atom is -0.440 e. The van der Waals surface area contributed by atoms with Gasteiger partial charge in [-0.05, 0) is 32.0 Å². The van der Waals surface area contributed by atoms with Gasteiger partial charge in [0.2, 0.25) is 23.6 Å². The molecule has 1 aromatic carbocycles. The van der Waals surface area contributed by atoms with Gasteiger partial charge in [-0.2, -0.15) is 0 Å². The number of oxazole rings is 1. The number of piperazine rings is 1. The number of benzene rings is 1. The van der Waals surface area contributed by atoms with E-state index in [9.17, 15) is 14.4 Å². The van der Waals surface area contributed by atoms with Crippen molar-refractivity contribution in [1.29, 1.82) is 0 Å². The predicted molar refractivity (Wildman–Crippen MR) is 114 cm³/mol. The Labute approximate surface area is 181 Å². The number of para-hydroxylation sites is 2. The first-order valence-electron chi connectivity index (χ1n) is 10.8. The zero-order valence-corrected chi connectivity index (χ0v) is 18.0. The largest absolute Gasteiger partial charge is 0.440 e. The lowest BCUT2D eigenvalue weighted by molar-refractivity contribution is -0.144. The molecule has 0 radical (unpaired) electrons. The maximum atomic E-state index is 12.6. The number of nitrogens with one attached hydrogen (secondary N) is 1. The van der Waals surface area contributed by atoms with Gasteiger partial charge in [0.25, 0.3) is 0 Å². The van der Waals surface area contributed by atoms with Crippen LogP contribution in [0.5, 0.6) is 0 Å². The quantitative estimate of drug-likeness (QED) is 0.727. The van der Waals surface area contributed by atoms with Crippen molar-refractivity contribution in [2.75, 3.05) is 40.3 Å². The van der Waals surface area contributed by atoms with Crippen LogP contribution in [0.25, 0.3) is 11.1 Å². The van der Waals surface area contributed by atoms with E-state index in [4.69, 9.17) is 4.42 Å². The van der Waals surface area contributed by atoms with E-state index < -0.39 is 0 Å². The second kappa shape index (κ2) is 9.05. The van der Waals surface area contributed by atoms with Crippen molar-refractivity contribution in [2.24, 2.45) is 0 Å². The van der Waals surface area contributed by atoms with Crippen LogP contribution in [0.4, 0.5) is 0 Å². The number of likely N-dealkylation sites (N-methyl/N-ethyl adjacent to an activating group) is 2.